The van der Waals surface area contributed by atoms with Crippen LogP contribution in [-0.4, -0.2) is 27.7 Å². The van der Waals surface area contributed by atoms with Crippen molar-refractivity contribution in [1.29, 1.82) is 0 Å². The van der Waals surface area contributed by atoms with Crippen molar-refractivity contribution in [3.8, 4) is 28.0 Å². The van der Waals surface area contributed by atoms with E-state index in [1.54, 1.807) is 43.5 Å². The molecule has 40 heavy (non-hydrogen) atoms. The van der Waals surface area contributed by atoms with E-state index in [0.29, 0.717) is 22.2 Å². The molecule has 0 aliphatic heterocycles. The predicted octanol–water partition coefficient (Wildman–Crippen LogP) is 7.66. The van der Waals surface area contributed by atoms with Crippen LogP contribution in [-0.2, 0) is 12.7 Å². The van der Waals surface area contributed by atoms with Crippen LogP contribution in [0.25, 0.3) is 33.2 Å². The average Bonchev–Trinajstić information content (AvgIpc) is 3.26. The van der Waals surface area contributed by atoms with E-state index in [4.69, 9.17) is 4.74 Å². The Balaban J connectivity index is 1.77. The van der Waals surface area contributed by atoms with Gasteiger partial charge in [0.1, 0.15) is 11.4 Å². The summed E-state index contributed by atoms with van der Waals surface area (Å²) in [6.45, 7) is -0.168. The molecule has 0 amide bonds. The Bertz CT molecular complexity index is 1760. The third kappa shape index (κ3) is 4.98. The molecular formula is C30H21F3N2O5. The average molecular weight is 547 g/mol. The number of nitro groups is 1. The molecule has 7 nitrogen and oxygen atoms in total. The number of non-ortho nitro benzene ring substituents is 1. The van der Waals surface area contributed by atoms with Crippen LogP contribution in [0.15, 0.2) is 91.0 Å². The first-order chi connectivity index (χ1) is 19.1. The molecule has 0 saturated heterocycles. The van der Waals surface area contributed by atoms with E-state index in [-0.39, 0.29) is 29.1 Å². The molecule has 0 radical (unpaired) electrons. The van der Waals surface area contributed by atoms with E-state index in [1.165, 1.54) is 34.9 Å². The largest absolute Gasteiger partial charge is 0.497 e. The van der Waals surface area contributed by atoms with Crippen molar-refractivity contribution in [3.63, 3.8) is 0 Å². The van der Waals surface area contributed by atoms with Gasteiger partial charge in [0.25, 0.3) is 5.69 Å². The maximum atomic E-state index is 13.4. The number of methoxy groups -OCH3 is 1. The molecule has 4 aromatic carbocycles. The van der Waals surface area contributed by atoms with E-state index in [2.05, 4.69) is 0 Å². The fourth-order valence-corrected chi connectivity index (χ4v) is 4.80. The van der Waals surface area contributed by atoms with Gasteiger partial charge in [0.2, 0.25) is 0 Å². The molecule has 5 aromatic rings. The van der Waals surface area contributed by atoms with E-state index >= 15 is 0 Å². The summed E-state index contributed by atoms with van der Waals surface area (Å²) in [5, 5.41) is 22.3. The second-order valence-electron chi connectivity index (χ2n) is 9.08. The van der Waals surface area contributed by atoms with Crippen molar-refractivity contribution >= 4 is 22.6 Å². The Hall–Kier alpha value is -5.12. The number of nitrogens with zero attached hydrogens (tertiary/aromatic N) is 2. The van der Waals surface area contributed by atoms with E-state index in [1.807, 2.05) is 12.1 Å². The number of aromatic nitrogens is 1. The molecule has 10 heteroatoms. The lowest BCUT2D eigenvalue weighted by molar-refractivity contribution is -0.384. The van der Waals surface area contributed by atoms with Crippen molar-refractivity contribution < 1.29 is 32.7 Å². The molecule has 0 spiro atoms. The molecule has 0 atom stereocenters. The van der Waals surface area contributed by atoms with Gasteiger partial charge in [0.15, 0.2) is 0 Å². The third-order valence-electron chi connectivity index (χ3n) is 6.63. The highest BCUT2D eigenvalue weighted by molar-refractivity contribution is 6.09. The van der Waals surface area contributed by atoms with Gasteiger partial charge >= 0.3 is 12.1 Å². The highest BCUT2D eigenvalue weighted by Crippen LogP contribution is 2.39. The topological polar surface area (TPSA) is 94.6 Å². The van der Waals surface area contributed by atoms with Gasteiger partial charge in [0.05, 0.1) is 17.6 Å². The number of alkyl halides is 3. The number of fused-ring (bicyclic) bond motifs is 1. The SMILES string of the molecule is COc1ccc(-c2ccc3c(c2)c(-c2cccc([N+](=O)[O-])c2)c(C(=O)O)n3Cc2cccc(C(F)(F)F)c2)cc1. The molecular weight excluding hydrogens is 525 g/mol. The van der Waals surface area contributed by atoms with Gasteiger partial charge in [-0.1, -0.05) is 42.5 Å². The molecule has 0 fully saturated rings. The monoisotopic (exact) mass is 546 g/mol. The van der Waals surface area contributed by atoms with Gasteiger partial charge in [-0.3, -0.25) is 10.1 Å². The van der Waals surface area contributed by atoms with Crippen LogP contribution in [0.2, 0.25) is 0 Å². The van der Waals surface area contributed by atoms with Crippen LogP contribution in [0, 0.1) is 10.1 Å². The Labute approximate surface area is 225 Å². The predicted molar refractivity (Wildman–Crippen MR) is 144 cm³/mol. The number of benzene rings is 4. The lowest BCUT2D eigenvalue weighted by atomic mass is 9.98. The minimum Gasteiger partial charge on any atom is -0.497 e. The summed E-state index contributed by atoms with van der Waals surface area (Å²) >= 11 is 0. The van der Waals surface area contributed by atoms with E-state index in [0.717, 1.165) is 23.3 Å². The first-order valence-electron chi connectivity index (χ1n) is 12.0. The summed E-state index contributed by atoms with van der Waals surface area (Å²) in [5.74, 6) is -0.668. The van der Waals surface area contributed by atoms with Gasteiger partial charge < -0.3 is 14.4 Å². The highest BCUT2D eigenvalue weighted by Gasteiger charge is 2.31. The molecule has 1 aromatic heterocycles. The van der Waals surface area contributed by atoms with Crippen LogP contribution in [0.1, 0.15) is 21.6 Å². The first-order valence-corrected chi connectivity index (χ1v) is 12.0. The van der Waals surface area contributed by atoms with Gasteiger partial charge in [-0.25, -0.2) is 4.79 Å². The minimum atomic E-state index is -4.56. The molecule has 0 aliphatic carbocycles. The lowest BCUT2D eigenvalue weighted by Crippen LogP contribution is -2.12. The molecule has 202 valence electrons. The van der Waals surface area contributed by atoms with E-state index in [9.17, 15) is 33.2 Å². The van der Waals surface area contributed by atoms with Gasteiger partial charge in [0, 0.05) is 35.1 Å². The third-order valence-corrected chi connectivity index (χ3v) is 6.63. The normalized spacial score (nSPS) is 11.5. The second kappa shape index (κ2) is 10.2. The molecule has 0 saturated carbocycles. The van der Waals surface area contributed by atoms with Crippen LogP contribution in [0.3, 0.4) is 0 Å². The number of hydrogen-bond donors (Lipinski definition) is 1. The summed E-state index contributed by atoms with van der Waals surface area (Å²) in [4.78, 5) is 23.6. The molecule has 1 N–H and O–H groups in total. The van der Waals surface area contributed by atoms with Crippen molar-refractivity contribution in [2.75, 3.05) is 7.11 Å². The zero-order valence-electron chi connectivity index (χ0n) is 21.0. The molecule has 0 bridgehead atoms. The van der Waals surface area contributed by atoms with Gasteiger partial charge in [-0.05, 0) is 58.7 Å². The Morgan fingerprint density at radius 3 is 2.27 bits per heavy atom. The van der Waals surface area contributed by atoms with Crippen LogP contribution >= 0.6 is 0 Å². The lowest BCUT2D eigenvalue weighted by Gasteiger charge is -2.12. The summed E-state index contributed by atoms with van der Waals surface area (Å²) in [6, 6.07) is 22.8. The Morgan fingerprint density at radius 2 is 1.62 bits per heavy atom. The number of carbonyl (C=O) groups is 1. The quantitative estimate of drug-likeness (QED) is 0.167. The number of rotatable bonds is 7. The first kappa shape index (κ1) is 26.5. The summed E-state index contributed by atoms with van der Waals surface area (Å²) in [7, 11) is 1.55. The fourth-order valence-electron chi connectivity index (χ4n) is 4.80. The fraction of sp³-hybridized carbons (Fsp3) is 0.100. The molecule has 0 unspecified atom stereocenters. The van der Waals surface area contributed by atoms with Crippen molar-refractivity contribution in [2.45, 2.75) is 12.7 Å². The minimum absolute atomic E-state index is 0.168. The maximum Gasteiger partial charge on any atom is 0.416 e. The van der Waals surface area contributed by atoms with Crippen molar-refractivity contribution in [1.82, 2.24) is 4.57 Å². The summed E-state index contributed by atoms with van der Waals surface area (Å²) < 4.78 is 46.8. The number of ether oxygens (including phenoxy) is 1. The number of halogens is 3. The zero-order valence-corrected chi connectivity index (χ0v) is 21.0. The number of carboxylic acids is 1. The number of nitro benzene ring substituents is 1. The summed E-state index contributed by atoms with van der Waals surface area (Å²) in [6.07, 6.45) is -4.56. The Kier molecular flexibility index (Phi) is 6.76. The van der Waals surface area contributed by atoms with Gasteiger partial charge in [-0.15, -0.1) is 0 Å². The second-order valence-corrected chi connectivity index (χ2v) is 9.08. The van der Waals surface area contributed by atoms with Crippen molar-refractivity contribution in [2.24, 2.45) is 0 Å². The van der Waals surface area contributed by atoms with E-state index < -0.39 is 22.6 Å². The number of carboxylic acid groups (broad SMARTS) is 1. The van der Waals surface area contributed by atoms with Crippen LogP contribution < -0.4 is 4.74 Å². The number of hydrogen-bond acceptors (Lipinski definition) is 4. The van der Waals surface area contributed by atoms with Gasteiger partial charge in [-0.2, -0.15) is 13.2 Å². The van der Waals surface area contributed by atoms with Crippen LogP contribution in [0.4, 0.5) is 18.9 Å². The Morgan fingerprint density at radius 1 is 0.925 bits per heavy atom. The molecule has 1 heterocycles. The highest BCUT2D eigenvalue weighted by atomic mass is 19.4. The number of aromatic carboxylic acids is 1. The summed E-state index contributed by atoms with van der Waals surface area (Å²) in [5.41, 5.74) is 1.52. The van der Waals surface area contributed by atoms with Crippen LogP contribution in [0.5, 0.6) is 5.75 Å². The standard InChI is InChI=1S/C30H21F3N2O5/c1-40-24-11-8-19(9-12-24)20-10-13-26-25(16-20)27(21-5-3-7-23(15-21)35(38)39)28(29(36)37)34(26)17-18-4-2-6-22(14-18)30(31,32)33/h2-16H,17H2,1H3,(H,36,37). The molecule has 5 rings (SSSR count). The van der Waals surface area contributed by atoms with Crippen molar-refractivity contribution in [3.05, 3.63) is 118 Å². The zero-order chi connectivity index (χ0) is 28.6. The smallest absolute Gasteiger partial charge is 0.416 e. The maximum absolute atomic E-state index is 13.4. The molecule has 0 aliphatic rings.